The minimum Gasteiger partial charge on any atom is -0.497 e. The zero-order valence-electron chi connectivity index (χ0n) is 13.6. The van der Waals surface area contributed by atoms with Crippen LogP contribution in [0, 0.1) is 0 Å². The average Bonchev–Trinajstić information content (AvgIpc) is 2.91. The summed E-state index contributed by atoms with van der Waals surface area (Å²) in [7, 11) is 1.63. The van der Waals surface area contributed by atoms with Crippen molar-refractivity contribution in [2.24, 2.45) is 0 Å². The van der Waals surface area contributed by atoms with E-state index < -0.39 is 0 Å². The van der Waals surface area contributed by atoms with Crippen LogP contribution in [0.25, 0.3) is 11.2 Å². The standard InChI is InChI=1S/C16H19N5O2/c1-16(2,3)15-17-13-12(14(22)18-15)19-20-21(13)9-10-5-7-11(23-4)8-6-10/h5-8H,9H2,1-4H3,(H,17,18,22). The quantitative estimate of drug-likeness (QED) is 0.798. The number of hydrogen-bond acceptors (Lipinski definition) is 5. The Morgan fingerprint density at radius 3 is 2.52 bits per heavy atom. The van der Waals surface area contributed by atoms with Crippen molar-refractivity contribution in [3.63, 3.8) is 0 Å². The van der Waals surface area contributed by atoms with Gasteiger partial charge in [0.15, 0.2) is 11.2 Å². The number of hydrogen-bond donors (Lipinski definition) is 1. The van der Waals surface area contributed by atoms with Gasteiger partial charge in [-0.25, -0.2) is 9.67 Å². The molecule has 0 radical (unpaired) electrons. The van der Waals surface area contributed by atoms with E-state index in [9.17, 15) is 4.79 Å². The molecular formula is C16H19N5O2. The number of fused-ring (bicyclic) bond motifs is 1. The molecule has 0 bridgehead atoms. The summed E-state index contributed by atoms with van der Waals surface area (Å²) in [6.07, 6.45) is 0. The van der Waals surface area contributed by atoms with E-state index in [4.69, 9.17) is 4.74 Å². The first-order chi connectivity index (χ1) is 10.9. The average molecular weight is 313 g/mol. The number of H-pyrrole nitrogens is 1. The van der Waals surface area contributed by atoms with E-state index in [-0.39, 0.29) is 16.5 Å². The van der Waals surface area contributed by atoms with Crippen LogP contribution in [0.2, 0.25) is 0 Å². The third-order valence-corrected chi connectivity index (χ3v) is 3.58. The van der Waals surface area contributed by atoms with Gasteiger partial charge in [0, 0.05) is 5.41 Å². The lowest BCUT2D eigenvalue weighted by atomic mass is 9.96. The fourth-order valence-corrected chi connectivity index (χ4v) is 2.23. The van der Waals surface area contributed by atoms with Crippen molar-refractivity contribution in [2.75, 3.05) is 7.11 Å². The van der Waals surface area contributed by atoms with E-state index in [0.717, 1.165) is 11.3 Å². The summed E-state index contributed by atoms with van der Waals surface area (Å²) < 4.78 is 6.79. The van der Waals surface area contributed by atoms with Gasteiger partial charge < -0.3 is 9.72 Å². The Kier molecular flexibility index (Phi) is 3.63. The van der Waals surface area contributed by atoms with Crippen molar-refractivity contribution in [3.05, 3.63) is 46.0 Å². The Morgan fingerprint density at radius 2 is 1.91 bits per heavy atom. The van der Waals surface area contributed by atoms with Crippen molar-refractivity contribution in [3.8, 4) is 5.75 Å². The predicted molar refractivity (Wildman–Crippen MR) is 86.7 cm³/mol. The topological polar surface area (TPSA) is 85.7 Å². The zero-order valence-corrected chi connectivity index (χ0v) is 13.6. The van der Waals surface area contributed by atoms with Gasteiger partial charge in [-0.15, -0.1) is 5.10 Å². The highest BCUT2D eigenvalue weighted by atomic mass is 16.5. The minimum atomic E-state index is -0.263. The van der Waals surface area contributed by atoms with Gasteiger partial charge >= 0.3 is 0 Å². The SMILES string of the molecule is COc1ccc(Cn2nnc3c(=O)[nH]c(C(C)(C)C)nc32)cc1. The van der Waals surface area contributed by atoms with Gasteiger partial charge in [-0.1, -0.05) is 38.1 Å². The lowest BCUT2D eigenvalue weighted by Gasteiger charge is -2.16. The Hall–Kier alpha value is -2.70. The highest BCUT2D eigenvalue weighted by Crippen LogP contribution is 2.19. The summed E-state index contributed by atoms with van der Waals surface area (Å²) in [4.78, 5) is 19.5. The zero-order chi connectivity index (χ0) is 16.6. The first-order valence-corrected chi connectivity index (χ1v) is 7.35. The van der Waals surface area contributed by atoms with E-state index in [1.165, 1.54) is 0 Å². The molecule has 7 nitrogen and oxygen atoms in total. The summed E-state index contributed by atoms with van der Waals surface area (Å²) in [6.45, 7) is 6.47. The molecule has 0 fully saturated rings. The van der Waals surface area contributed by atoms with Crippen LogP contribution in [0.4, 0.5) is 0 Å². The van der Waals surface area contributed by atoms with Crippen LogP contribution in [-0.2, 0) is 12.0 Å². The van der Waals surface area contributed by atoms with Gasteiger partial charge in [-0.3, -0.25) is 4.79 Å². The lowest BCUT2D eigenvalue weighted by molar-refractivity contribution is 0.414. The van der Waals surface area contributed by atoms with E-state index in [1.807, 2.05) is 45.0 Å². The van der Waals surface area contributed by atoms with Crippen LogP contribution in [0.15, 0.2) is 29.1 Å². The number of ether oxygens (including phenoxy) is 1. The molecule has 0 aliphatic carbocycles. The molecule has 2 heterocycles. The van der Waals surface area contributed by atoms with Crippen molar-refractivity contribution in [1.29, 1.82) is 0 Å². The molecule has 0 unspecified atom stereocenters. The predicted octanol–water partition coefficient (Wildman–Crippen LogP) is 1.87. The van der Waals surface area contributed by atoms with Crippen molar-refractivity contribution < 1.29 is 4.74 Å². The summed E-state index contributed by atoms with van der Waals surface area (Å²) in [5.41, 5.74) is 1.25. The number of nitrogens with one attached hydrogen (secondary N) is 1. The normalized spacial score (nSPS) is 11.8. The number of rotatable bonds is 3. The third kappa shape index (κ3) is 2.94. The second-order valence-electron chi connectivity index (χ2n) is 6.43. The van der Waals surface area contributed by atoms with E-state index in [0.29, 0.717) is 18.0 Å². The Balaban J connectivity index is 2.03. The van der Waals surface area contributed by atoms with Crippen molar-refractivity contribution >= 4 is 11.2 Å². The summed E-state index contributed by atoms with van der Waals surface area (Å²) in [5, 5.41) is 8.02. The first kappa shape index (κ1) is 15.2. The summed E-state index contributed by atoms with van der Waals surface area (Å²) >= 11 is 0. The molecule has 1 N–H and O–H groups in total. The molecule has 120 valence electrons. The van der Waals surface area contributed by atoms with Crippen LogP contribution in [-0.4, -0.2) is 32.1 Å². The molecule has 3 rings (SSSR count). The summed E-state index contributed by atoms with van der Waals surface area (Å²) in [6, 6.07) is 7.67. The lowest BCUT2D eigenvalue weighted by Crippen LogP contribution is -2.22. The van der Waals surface area contributed by atoms with Gasteiger partial charge in [0.05, 0.1) is 13.7 Å². The van der Waals surface area contributed by atoms with Gasteiger partial charge in [0.25, 0.3) is 5.56 Å². The Bertz CT molecular complexity index is 887. The molecule has 0 aliphatic heterocycles. The molecule has 7 heteroatoms. The number of methoxy groups -OCH3 is 1. The fourth-order valence-electron chi connectivity index (χ4n) is 2.23. The third-order valence-electron chi connectivity index (χ3n) is 3.58. The smallest absolute Gasteiger partial charge is 0.281 e. The van der Waals surface area contributed by atoms with Gasteiger partial charge in [-0.05, 0) is 17.7 Å². The minimum absolute atomic E-state index is 0.256. The highest BCUT2D eigenvalue weighted by Gasteiger charge is 2.20. The second kappa shape index (κ2) is 5.49. The largest absolute Gasteiger partial charge is 0.497 e. The fraction of sp³-hybridized carbons (Fsp3) is 0.375. The molecule has 3 aromatic rings. The second-order valence-corrected chi connectivity index (χ2v) is 6.43. The molecule has 2 aromatic heterocycles. The van der Waals surface area contributed by atoms with Gasteiger partial charge in [-0.2, -0.15) is 0 Å². The van der Waals surface area contributed by atoms with Crippen LogP contribution in [0.3, 0.4) is 0 Å². The van der Waals surface area contributed by atoms with Crippen LogP contribution >= 0.6 is 0 Å². The number of aromatic amines is 1. The monoisotopic (exact) mass is 313 g/mol. The van der Waals surface area contributed by atoms with Gasteiger partial charge in [0.2, 0.25) is 0 Å². The summed E-state index contributed by atoms with van der Waals surface area (Å²) in [5.74, 6) is 1.41. The number of benzene rings is 1. The molecule has 0 saturated carbocycles. The molecule has 0 spiro atoms. The molecule has 23 heavy (non-hydrogen) atoms. The molecule has 1 aromatic carbocycles. The van der Waals surface area contributed by atoms with Crippen LogP contribution < -0.4 is 10.3 Å². The van der Waals surface area contributed by atoms with Crippen molar-refractivity contribution in [1.82, 2.24) is 25.0 Å². The molecular weight excluding hydrogens is 294 g/mol. The maximum absolute atomic E-state index is 12.2. The van der Waals surface area contributed by atoms with Crippen molar-refractivity contribution in [2.45, 2.75) is 32.7 Å². The maximum atomic E-state index is 12.2. The Morgan fingerprint density at radius 1 is 1.22 bits per heavy atom. The molecule has 0 atom stereocenters. The molecule has 0 saturated heterocycles. The maximum Gasteiger partial charge on any atom is 0.281 e. The van der Waals surface area contributed by atoms with E-state index in [2.05, 4.69) is 20.3 Å². The molecule has 0 amide bonds. The molecule has 0 aliphatic rings. The van der Waals surface area contributed by atoms with Gasteiger partial charge in [0.1, 0.15) is 11.6 Å². The van der Waals surface area contributed by atoms with Crippen LogP contribution in [0.5, 0.6) is 5.75 Å². The van der Waals surface area contributed by atoms with E-state index in [1.54, 1.807) is 11.8 Å². The first-order valence-electron chi connectivity index (χ1n) is 7.35. The van der Waals surface area contributed by atoms with Crippen LogP contribution in [0.1, 0.15) is 32.2 Å². The highest BCUT2D eigenvalue weighted by molar-refractivity contribution is 5.68. The number of nitrogens with zero attached hydrogens (tertiary/aromatic N) is 4. The Labute approximate surface area is 133 Å². The number of aromatic nitrogens is 5. The van der Waals surface area contributed by atoms with E-state index >= 15 is 0 Å².